The molecule has 0 atom stereocenters. The van der Waals surface area contributed by atoms with E-state index < -0.39 is 0 Å². The monoisotopic (exact) mass is 353 g/mol. The second-order valence-electron chi connectivity index (χ2n) is 4.05. The third-order valence-electron chi connectivity index (χ3n) is 2.66. The smallest absolute Gasteiger partial charge is 0.189 e. The second kappa shape index (κ2) is 5.07. The zero-order chi connectivity index (χ0) is 13.4. The first-order chi connectivity index (χ1) is 9.13. The molecule has 0 amide bonds. The number of benzene rings is 1. The lowest BCUT2D eigenvalue weighted by molar-refractivity contribution is 1.24. The van der Waals surface area contributed by atoms with Gasteiger partial charge in [0, 0.05) is 11.2 Å². The van der Waals surface area contributed by atoms with E-state index >= 15 is 0 Å². The molecule has 19 heavy (non-hydrogen) atoms. The number of halogens is 2. The van der Waals surface area contributed by atoms with Crippen LogP contribution in [0.25, 0.3) is 10.2 Å². The zero-order valence-electron chi connectivity index (χ0n) is 9.95. The van der Waals surface area contributed by atoms with Crippen LogP contribution in [0.15, 0.2) is 34.9 Å². The van der Waals surface area contributed by atoms with E-state index in [9.17, 15) is 0 Å². The maximum Gasteiger partial charge on any atom is 0.189 e. The molecule has 0 unspecified atom stereocenters. The molecule has 0 bridgehead atoms. The number of aryl methyl sites for hydroxylation is 1. The lowest BCUT2D eigenvalue weighted by Gasteiger charge is -2.05. The van der Waals surface area contributed by atoms with E-state index in [-0.39, 0.29) is 0 Å². The van der Waals surface area contributed by atoms with Gasteiger partial charge in [0.2, 0.25) is 0 Å². The summed E-state index contributed by atoms with van der Waals surface area (Å²) in [6, 6.07) is 7.62. The summed E-state index contributed by atoms with van der Waals surface area (Å²) in [4.78, 5) is 8.81. The van der Waals surface area contributed by atoms with Gasteiger partial charge >= 0.3 is 0 Å². The van der Waals surface area contributed by atoms with Crippen LogP contribution in [-0.4, -0.2) is 9.97 Å². The lowest BCUT2D eigenvalue weighted by atomic mass is 10.3. The van der Waals surface area contributed by atoms with Crippen molar-refractivity contribution in [1.82, 2.24) is 9.97 Å². The highest BCUT2D eigenvalue weighted by Gasteiger charge is 2.08. The number of hydrogen-bond acceptors (Lipinski definition) is 4. The molecule has 0 spiro atoms. The third-order valence-corrected chi connectivity index (χ3v) is 4.83. The largest absolute Gasteiger partial charge is 0.315 e. The fourth-order valence-electron chi connectivity index (χ4n) is 1.68. The summed E-state index contributed by atoms with van der Waals surface area (Å²) in [7, 11) is 0. The second-order valence-corrected chi connectivity index (χ2v) is 6.31. The van der Waals surface area contributed by atoms with E-state index in [2.05, 4.69) is 31.2 Å². The zero-order valence-corrected chi connectivity index (χ0v) is 13.1. The van der Waals surface area contributed by atoms with Crippen LogP contribution in [-0.2, 0) is 0 Å². The Kier molecular flexibility index (Phi) is 3.43. The van der Waals surface area contributed by atoms with Crippen molar-refractivity contribution < 1.29 is 0 Å². The topological polar surface area (TPSA) is 37.8 Å². The van der Waals surface area contributed by atoms with Crippen molar-refractivity contribution in [2.24, 2.45) is 0 Å². The molecule has 0 fully saturated rings. The fraction of sp³-hybridized carbons (Fsp3) is 0.0769. The SMILES string of the molecule is Cc1ccnc(Nc2nc3ccc(Cl)cc3s2)c1Br. The van der Waals surface area contributed by atoms with Gasteiger partial charge in [0.1, 0.15) is 5.82 Å². The molecule has 0 saturated carbocycles. The summed E-state index contributed by atoms with van der Waals surface area (Å²) in [6.45, 7) is 2.02. The Labute approximate surface area is 127 Å². The maximum atomic E-state index is 5.97. The first kappa shape index (κ1) is 12.8. The van der Waals surface area contributed by atoms with E-state index in [0.717, 1.165) is 36.2 Å². The van der Waals surface area contributed by atoms with Gasteiger partial charge < -0.3 is 5.32 Å². The number of thiazole rings is 1. The average Bonchev–Trinajstić information content (AvgIpc) is 2.76. The van der Waals surface area contributed by atoms with Gasteiger partial charge in [-0.15, -0.1) is 0 Å². The Morgan fingerprint density at radius 2 is 2.16 bits per heavy atom. The molecule has 3 nitrogen and oxygen atoms in total. The predicted octanol–water partition coefficient (Wildman–Crippen LogP) is 5.16. The molecule has 3 rings (SSSR count). The molecule has 0 radical (unpaired) electrons. The quantitative estimate of drug-likeness (QED) is 0.691. The summed E-state index contributed by atoms with van der Waals surface area (Å²) in [5, 5.41) is 4.75. The van der Waals surface area contributed by atoms with Gasteiger partial charge in [-0.2, -0.15) is 0 Å². The van der Waals surface area contributed by atoms with Crippen LogP contribution >= 0.6 is 38.9 Å². The first-order valence-electron chi connectivity index (χ1n) is 5.58. The van der Waals surface area contributed by atoms with Gasteiger partial charge in [-0.1, -0.05) is 22.9 Å². The summed E-state index contributed by atoms with van der Waals surface area (Å²) in [5.41, 5.74) is 2.06. The van der Waals surface area contributed by atoms with Crippen molar-refractivity contribution in [1.29, 1.82) is 0 Å². The van der Waals surface area contributed by atoms with Crippen LogP contribution in [0.4, 0.5) is 10.9 Å². The van der Waals surface area contributed by atoms with Crippen LogP contribution < -0.4 is 5.32 Å². The van der Waals surface area contributed by atoms with E-state index in [1.165, 1.54) is 0 Å². The molecule has 0 aliphatic heterocycles. The molecular weight excluding hydrogens is 346 g/mol. The number of nitrogens with zero attached hydrogens (tertiary/aromatic N) is 2. The molecule has 0 saturated heterocycles. The van der Waals surface area contributed by atoms with Gasteiger partial charge in [-0.25, -0.2) is 9.97 Å². The van der Waals surface area contributed by atoms with Gasteiger partial charge in [-0.05, 0) is 52.7 Å². The standard InChI is InChI=1S/C13H9BrClN3S/c1-7-4-5-16-12(11(7)14)18-13-17-9-3-2-8(15)6-10(9)19-13/h2-6H,1H3,(H,16,17,18). The highest BCUT2D eigenvalue weighted by Crippen LogP contribution is 2.32. The Balaban J connectivity index is 1.99. The average molecular weight is 355 g/mol. The summed E-state index contributed by atoms with van der Waals surface area (Å²) in [5.74, 6) is 0.769. The van der Waals surface area contributed by atoms with Gasteiger partial charge in [-0.3, -0.25) is 0 Å². The summed E-state index contributed by atoms with van der Waals surface area (Å²) >= 11 is 11.0. The number of fused-ring (bicyclic) bond motifs is 1. The van der Waals surface area contributed by atoms with Crippen LogP contribution in [0.1, 0.15) is 5.56 Å². The van der Waals surface area contributed by atoms with E-state index in [1.54, 1.807) is 17.5 Å². The predicted molar refractivity (Wildman–Crippen MR) is 84.6 cm³/mol. The number of pyridine rings is 1. The minimum atomic E-state index is 0.720. The number of nitrogens with one attached hydrogen (secondary N) is 1. The third kappa shape index (κ3) is 2.59. The molecular formula is C13H9BrClN3S. The molecule has 96 valence electrons. The minimum absolute atomic E-state index is 0.720. The van der Waals surface area contributed by atoms with Crippen LogP contribution in [0, 0.1) is 6.92 Å². The number of aromatic nitrogens is 2. The Morgan fingerprint density at radius 1 is 1.32 bits per heavy atom. The van der Waals surface area contributed by atoms with Crippen LogP contribution in [0.2, 0.25) is 5.02 Å². The maximum absolute atomic E-state index is 5.97. The van der Waals surface area contributed by atoms with Gasteiger partial charge in [0.05, 0.1) is 14.7 Å². The van der Waals surface area contributed by atoms with Crippen molar-refractivity contribution in [3.05, 3.63) is 45.5 Å². The number of hydrogen-bond donors (Lipinski definition) is 1. The molecule has 2 heterocycles. The lowest BCUT2D eigenvalue weighted by Crippen LogP contribution is -1.94. The molecule has 3 aromatic rings. The summed E-state index contributed by atoms with van der Waals surface area (Å²) in [6.07, 6.45) is 1.77. The normalized spacial score (nSPS) is 10.9. The molecule has 0 aliphatic carbocycles. The van der Waals surface area contributed by atoms with Gasteiger partial charge in [0.15, 0.2) is 5.13 Å². The van der Waals surface area contributed by atoms with Crippen molar-refractivity contribution >= 4 is 60.0 Å². The van der Waals surface area contributed by atoms with Crippen LogP contribution in [0.3, 0.4) is 0 Å². The minimum Gasteiger partial charge on any atom is -0.315 e. The Hall–Kier alpha value is -1.17. The first-order valence-corrected chi connectivity index (χ1v) is 7.56. The van der Waals surface area contributed by atoms with Crippen molar-refractivity contribution in [2.45, 2.75) is 6.92 Å². The highest BCUT2D eigenvalue weighted by atomic mass is 79.9. The number of anilines is 2. The van der Waals surface area contributed by atoms with E-state index in [1.807, 2.05) is 31.2 Å². The van der Waals surface area contributed by atoms with Crippen molar-refractivity contribution in [3.63, 3.8) is 0 Å². The van der Waals surface area contributed by atoms with E-state index in [0.29, 0.717) is 0 Å². The molecule has 0 aliphatic rings. The highest BCUT2D eigenvalue weighted by molar-refractivity contribution is 9.10. The molecule has 1 N–H and O–H groups in total. The summed E-state index contributed by atoms with van der Waals surface area (Å²) < 4.78 is 2.01. The van der Waals surface area contributed by atoms with Crippen molar-refractivity contribution in [3.8, 4) is 0 Å². The molecule has 6 heteroatoms. The Morgan fingerprint density at radius 3 is 3.00 bits per heavy atom. The Bertz CT molecular complexity index is 757. The van der Waals surface area contributed by atoms with Crippen LogP contribution in [0.5, 0.6) is 0 Å². The van der Waals surface area contributed by atoms with Gasteiger partial charge in [0.25, 0.3) is 0 Å². The number of rotatable bonds is 2. The molecule has 2 aromatic heterocycles. The van der Waals surface area contributed by atoms with E-state index in [4.69, 9.17) is 11.6 Å². The fourth-order valence-corrected chi connectivity index (χ4v) is 3.16. The van der Waals surface area contributed by atoms with Crippen molar-refractivity contribution in [2.75, 3.05) is 5.32 Å². The molecule has 1 aromatic carbocycles.